The first-order valence-electron chi connectivity index (χ1n) is 4.50. The van der Waals surface area contributed by atoms with Gasteiger partial charge >= 0.3 is 0 Å². The van der Waals surface area contributed by atoms with E-state index in [2.05, 4.69) is 20.8 Å². The summed E-state index contributed by atoms with van der Waals surface area (Å²) in [6, 6.07) is -0.470. The maximum absolute atomic E-state index is 11.3. The Labute approximate surface area is 86.5 Å². The van der Waals surface area contributed by atoms with Crippen LogP contribution >= 0.6 is 0 Å². The lowest BCUT2D eigenvalue weighted by atomic mass is 10.2. The molecule has 1 rings (SSSR count). The number of amides is 1. The summed E-state index contributed by atoms with van der Waals surface area (Å²) in [7, 11) is 0. The number of hydrogen-bond acceptors (Lipinski definition) is 6. The Hall–Kier alpha value is -1.54. The molecule has 1 aromatic heterocycles. The van der Waals surface area contributed by atoms with E-state index in [0.717, 1.165) is 0 Å². The van der Waals surface area contributed by atoms with Gasteiger partial charge in [0.05, 0.1) is 6.10 Å². The fourth-order valence-electron chi connectivity index (χ4n) is 0.858. The third-order valence-electron chi connectivity index (χ3n) is 1.85. The number of hydrogen-bond donors (Lipinski definition) is 3. The van der Waals surface area contributed by atoms with Crippen LogP contribution in [-0.2, 0) is 11.3 Å². The Bertz CT molecular complexity index is 298. The summed E-state index contributed by atoms with van der Waals surface area (Å²) in [6.45, 7) is 1.83. The molecular formula is C7H14N6O2. The Kier molecular flexibility index (Phi) is 4.13. The molecule has 15 heavy (non-hydrogen) atoms. The number of carbonyl (C=O) groups is 1. The van der Waals surface area contributed by atoms with Gasteiger partial charge in [-0.1, -0.05) is 0 Å². The molecule has 0 radical (unpaired) electrons. The molecule has 1 aromatic rings. The van der Waals surface area contributed by atoms with Crippen LogP contribution in [0.5, 0.6) is 0 Å². The van der Waals surface area contributed by atoms with Crippen molar-refractivity contribution in [2.24, 2.45) is 5.73 Å². The molecule has 0 aromatic carbocycles. The highest BCUT2D eigenvalue weighted by atomic mass is 16.3. The van der Waals surface area contributed by atoms with E-state index in [4.69, 9.17) is 10.8 Å². The van der Waals surface area contributed by atoms with E-state index >= 15 is 0 Å². The molecule has 0 aliphatic heterocycles. The highest BCUT2D eigenvalue weighted by molar-refractivity contribution is 5.75. The first-order chi connectivity index (χ1) is 7.09. The van der Waals surface area contributed by atoms with Gasteiger partial charge in [0.1, 0.15) is 12.9 Å². The van der Waals surface area contributed by atoms with Crippen LogP contribution in [0.3, 0.4) is 0 Å². The molecule has 0 saturated heterocycles. The highest BCUT2D eigenvalue weighted by Crippen LogP contribution is 1.86. The number of tetrazole rings is 1. The maximum Gasteiger partial charge on any atom is 0.241 e. The number of nitrogens with two attached hydrogens (primary N) is 1. The summed E-state index contributed by atoms with van der Waals surface area (Å²) in [5.74, 6) is -0.251. The molecule has 0 bridgehead atoms. The van der Waals surface area contributed by atoms with Crippen molar-refractivity contribution in [1.82, 2.24) is 25.5 Å². The van der Waals surface area contributed by atoms with Crippen molar-refractivity contribution in [3.05, 3.63) is 6.33 Å². The number of carbonyl (C=O) groups excluding carboxylic acids is 1. The fraction of sp³-hybridized carbons (Fsp3) is 0.714. The molecule has 0 saturated carbocycles. The van der Waals surface area contributed by atoms with E-state index in [1.54, 1.807) is 6.92 Å². The van der Waals surface area contributed by atoms with Gasteiger partial charge in [-0.05, 0) is 17.4 Å². The number of rotatable bonds is 5. The minimum Gasteiger partial charge on any atom is -0.392 e. The van der Waals surface area contributed by atoms with Crippen LogP contribution in [0.25, 0.3) is 0 Å². The molecular weight excluding hydrogens is 200 g/mol. The maximum atomic E-state index is 11.3. The molecule has 8 heteroatoms. The second-order valence-corrected chi connectivity index (χ2v) is 3.22. The average molecular weight is 214 g/mol. The molecule has 2 atom stereocenters. The molecule has 4 N–H and O–H groups in total. The summed E-state index contributed by atoms with van der Waals surface area (Å²) < 4.78 is 1.29. The van der Waals surface area contributed by atoms with E-state index in [9.17, 15) is 4.79 Å². The van der Waals surface area contributed by atoms with Crippen molar-refractivity contribution in [2.75, 3.05) is 6.54 Å². The Morgan fingerprint density at radius 2 is 2.47 bits per heavy atom. The lowest BCUT2D eigenvalue weighted by Crippen LogP contribution is -2.44. The van der Waals surface area contributed by atoms with Crippen molar-refractivity contribution in [3.8, 4) is 0 Å². The minimum absolute atomic E-state index is 0.0412. The van der Waals surface area contributed by atoms with Crippen LogP contribution in [0.1, 0.15) is 6.92 Å². The topological polar surface area (TPSA) is 119 Å². The highest BCUT2D eigenvalue weighted by Gasteiger charge is 2.11. The number of aliphatic hydroxyl groups excluding tert-OH is 1. The molecule has 0 aliphatic carbocycles. The van der Waals surface area contributed by atoms with E-state index in [-0.39, 0.29) is 19.0 Å². The van der Waals surface area contributed by atoms with Gasteiger partial charge in [0, 0.05) is 12.6 Å². The summed E-state index contributed by atoms with van der Waals surface area (Å²) >= 11 is 0. The summed E-state index contributed by atoms with van der Waals surface area (Å²) in [5.41, 5.74) is 5.53. The van der Waals surface area contributed by atoms with Gasteiger partial charge in [0.15, 0.2) is 0 Å². The van der Waals surface area contributed by atoms with Crippen LogP contribution < -0.4 is 11.1 Å². The van der Waals surface area contributed by atoms with Gasteiger partial charge in [0.25, 0.3) is 0 Å². The van der Waals surface area contributed by atoms with Gasteiger partial charge in [-0.3, -0.25) is 4.79 Å². The normalized spacial score (nSPS) is 14.6. The van der Waals surface area contributed by atoms with E-state index in [1.807, 2.05) is 0 Å². The zero-order valence-electron chi connectivity index (χ0n) is 8.37. The average Bonchev–Trinajstić information content (AvgIpc) is 2.66. The Balaban J connectivity index is 2.25. The molecule has 0 spiro atoms. The fourth-order valence-corrected chi connectivity index (χ4v) is 0.858. The first kappa shape index (κ1) is 11.5. The first-order valence-corrected chi connectivity index (χ1v) is 4.50. The predicted octanol–water partition coefficient (Wildman–Crippen LogP) is -2.50. The van der Waals surface area contributed by atoms with Gasteiger partial charge in [-0.2, -0.15) is 0 Å². The van der Waals surface area contributed by atoms with Gasteiger partial charge in [0.2, 0.25) is 5.91 Å². The van der Waals surface area contributed by atoms with Crippen LogP contribution in [0, 0.1) is 0 Å². The zero-order valence-corrected chi connectivity index (χ0v) is 8.37. The molecule has 2 unspecified atom stereocenters. The van der Waals surface area contributed by atoms with Crippen molar-refractivity contribution in [3.63, 3.8) is 0 Å². The van der Waals surface area contributed by atoms with Crippen molar-refractivity contribution < 1.29 is 9.90 Å². The summed E-state index contributed by atoms with van der Waals surface area (Å²) in [4.78, 5) is 11.3. The molecule has 1 amide bonds. The smallest absolute Gasteiger partial charge is 0.241 e. The standard InChI is InChI=1S/C7H14N6O2/c1-5(14)6(8)2-9-7(15)3-13-4-10-11-12-13/h4-6,14H,2-3,8H2,1H3,(H,9,15). The monoisotopic (exact) mass is 214 g/mol. The van der Waals surface area contributed by atoms with E-state index in [1.165, 1.54) is 11.0 Å². The molecule has 8 nitrogen and oxygen atoms in total. The van der Waals surface area contributed by atoms with Gasteiger partial charge < -0.3 is 16.2 Å². The van der Waals surface area contributed by atoms with Gasteiger partial charge in [-0.15, -0.1) is 5.10 Å². The predicted molar refractivity (Wildman–Crippen MR) is 50.5 cm³/mol. The van der Waals surface area contributed by atoms with Gasteiger partial charge in [-0.25, -0.2) is 4.68 Å². The summed E-state index contributed by atoms with van der Waals surface area (Å²) in [6.07, 6.45) is 0.687. The van der Waals surface area contributed by atoms with Crippen LogP contribution in [0.15, 0.2) is 6.33 Å². The quantitative estimate of drug-likeness (QED) is 0.498. The molecule has 0 aliphatic rings. The SMILES string of the molecule is CC(O)C(N)CNC(=O)Cn1cnnn1. The van der Waals surface area contributed by atoms with E-state index < -0.39 is 12.1 Å². The van der Waals surface area contributed by atoms with Crippen molar-refractivity contribution >= 4 is 5.91 Å². The zero-order chi connectivity index (χ0) is 11.3. The lowest BCUT2D eigenvalue weighted by Gasteiger charge is -2.14. The minimum atomic E-state index is -0.654. The van der Waals surface area contributed by atoms with Crippen molar-refractivity contribution in [1.29, 1.82) is 0 Å². The molecule has 0 fully saturated rings. The summed E-state index contributed by atoms with van der Waals surface area (Å²) in [5, 5.41) is 21.9. The Morgan fingerprint density at radius 1 is 1.73 bits per heavy atom. The van der Waals surface area contributed by atoms with Crippen molar-refractivity contribution in [2.45, 2.75) is 25.6 Å². The second kappa shape index (κ2) is 5.37. The van der Waals surface area contributed by atoms with Crippen LogP contribution in [0.4, 0.5) is 0 Å². The number of nitrogens with zero attached hydrogens (tertiary/aromatic N) is 4. The number of nitrogens with one attached hydrogen (secondary N) is 1. The number of aliphatic hydroxyl groups is 1. The largest absolute Gasteiger partial charge is 0.392 e. The Morgan fingerprint density at radius 3 is 3.00 bits per heavy atom. The molecule has 84 valence electrons. The third kappa shape index (κ3) is 4.00. The second-order valence-electron chi connectivity index (χ2n) is 3.22. The van der Waals surface area contributed by atoms with Crippen LogP contribution in [-0.4, -0.2) is 49.9 Å². The molecule has 1 heterocycles. The lowest BCUT2D eigenvalue weighted by molar-refractivity contribution is -0.122. The number of aromatic nitrogens is 4. The third-order valence-corrected chi connectivity index (χ3v) is 1.85. The van der Waals surface area contributed by atoms with E-state index in [0.29, 0.717) is 0 Å². The van der Waals surface area contributed by atoms with Crippen LogP contribution in [0.2, 0.25) is 0 Å².